The standard InChI is InChI=1S/C21H29N3O/c1-14(2)15-9-22-16-5-6-17(23-18(15)16)19-21(7-4-8-21)11-24(19)10-20(3)12-25-13-20/h5-6,9,14,19,22H,4,7-8,10-13H2,1-3H3. The molecule has 1 spiro atoms. The average molecular weight is 339 g/mol. The van der Waals surface area contributed by atoms with Gasteiger partial charge in [-0.1, -0.05) is 27.2 Å². The average Bonchev–Trinajstić information content (AvgIpc) is 2.90. The Morgan fingerprint density at radius 1 is 1.32 bits per heavy atom. The van der Waals surface area contributed by atoms with Crippen molar-refractivity contribution in [3.63, 3.8) is 0 Å². The van der Waals surface area contributed by atoms with E-state index in [4.69, 9.17) is 9.72 Å². The first-order valence-corrected chi connectivity index (χ1v) is 9.80. The summed E-state index contributed by atoms with van der Waals surface area (Å²) in [5.41, 5.74) is 5.79. The number of hydrogen-bond donors (Lipinski definition) is 1. The highest BCUT2D eigenvalue weighted by Crippen LogP contribution is 2.60. The van der Waals surface area contributed by atoms with Gasteiger partial charge >= 0.3 is 0 Å². The number of nitrogens with one attached hydrogen (secondary N) is 1. The molecule has 4 heterocycles. The van der Waals surface area contributed by atoms with E-state index in [-0.39, 0.29) is 0 Å². The van der Waals surface area contributed by atoms with Crippen LogP contribution in [0, 0.1) is 10.8 Å². The fraction of sp³-hybridized carbons (Fsp3) is 0.667. The Hall–Kier alpha value is -1.39. The summed E-state index contributed by atoms with van der Waals surface area (Å²) in [5.74, 6) is 0.498. The summed E-state index contributed by atoms with van der Waals surface area (Å²) >= 11 is 0. The Labute approximate surface area is 150 Å². The number of likely N-dealkylation sites (tertiary alicyclic amines) is 1. The van der Waals surface area contributed by atoms with Crippen LogP contribution >= 0.6 is 0 Å². The van der Waals surface area contributed by atoms with E-state index in [9.17, 15) is 0 Å². The van der Waals surface area contributed by atoms with Crippen LogP contribution in [0.4, 0.5) is 0 Å². The molecule has 0 bridgehead atoms. The van der Waals surface area contributed by atoms with Gasteiger partial charge in [0.25, 0.3) is 0 Å². The molecule has 1 saturated carbocycles. The molecule has 4 nitrogen and oxygen atoms in total. The van der Waals surface area contributed by atoms with Gasteiger partial charge in [0.15, 0.2) is 0 Å². The highest BCUT2D eigenvalue weighted by atomic mass is 16.5. The van der Waals surface area contributed by atoms with Crippen LogP contribution in [0.2, 0.25) is 0 Å². The van der Waals surface area contributed by atoms with Crippen LogP contribution in [0.1, 0.15) is 63.3 Å². The maximum atomic E-state index is 5.48. The fourth-order valence-corrected chi connectivity index (χ4v) is 5.23. The Morgan fingerprint density at radius 3 is 2.72 bits per heavy atom. The summed E-state index contributed by atoms with van der Waals surface area (Å²) in [5, 5.41) is 0. The van der Waals surface area contributed by atoms with E-state index in [1.165, 1.54) is 48.1 Å². The monoisotopic (exact) mass is 339 g/mol. The molecule has 2 aromatic rings. The summed E-state index contributed by atoms with van der Waals surface area (Å²) in [6, 6.07) is 5.00. The smallest absolute Gasteiger partial charge is 0.0917 e. The summed E-state index contributed by atoms with van der Waals surface area (Å²) in [4.78, 5) is 11.2. The van der Waals surface area contributed by atoms with Crippen LogP contribution in [-0.4, -0.2) is 41.2 Å². The third-order valence-electron chi connectivity index (χ3n) is 6.77. The molecule has 1 aliphatic carbocycles. The second-order valence-corrected chi connectivity index (χ2v) is 9.36. The van der Waals surface area contributed by atoms with Crippen LogP contribution < -0.4 is 0 Å². The second kappa shape index (κ2) is 5.31. The van der Waals surface area contributed by atoms with Crippen molar-refractivity contribution in [2.45, 2.75) is 52.0 Å². The van der Waals surface area contributed by atoms with Gasteiger partial charge in [-0.3, -0.25) is 4.90 Å². The van der Waals surface area contributed by atoms with Crippen LogP contribution in [0.5, 0.6) is 0 Å². The van der Waals surface area contributed by atoms with Gasteiger partial charge in [0.2, 0.25) is 0 Å². The molecule has 1 atom stereocenters. The molecule has 0 amide bonds. The topological polar surface area (TPSA) is 41.2 Å². The SMILES string of the molecule is CC(C)c1c[nH]c2ccc(C3N(CC4(C)COC4)CC34CCC4)nc12. The molecule has 5 rings (SSSR count). The molecule has 2 saturated heterocycles. The van der Waals surface area contributed by atoms with Gasteiger partial charge in [-0.15, -0.1) is 0 Å². The Kier molecular flexibility index (Phi) is 3.36. The molecule has 4 heteroatoms. The summed E-state index contributed by atoms with van der Waals surface area (Å²) in [6.45, 7) is 11.1. The molecule has 2 aromatic heterocycles. The van der Waals surface area contributed by atoms with Crippen molar-refractivity contribution >= 4 is 11.0 Å². The summed E-state index contributed by atoms with van der Waals surface area (Å²) in [6.07, 6.45) is 6.25. The molecule has 3 fully saturated rings. The molecule has 1 N–H and O–H groups in total. The summed E-state index contributed by atoms with van der Waals surface area (Å²) in [7, 11) is 0. The van der Waals surface area contributed by atoms with Crippen LogP contribution in [-0.2, 0) is 4.74 Å². The van der Waals surface area contributed by atoms with Gasteiger partial charge in [0.1, 0.15) is 0 Å². The number of hydrogen-bond acceptors (Lipinski definition) is 3. The molecule has 134 valence electrons. The number of H-pyrrole nitrogens is 1. The zero-order chi connectivity index (χ0) is 17.2. The predicted molar refractivity (Wildman–Crippen MR) is 99.7 cm³/mol. The first-order valence-electron chi connectivity index (χ1n) is 9.80. The van der Waals surface area contributed by atoms with Crippen LogP contribution in [0.3, 0.4) is 0 Å². The van der Waals surface area contributed by atoms with Crippen molar-refractivity contribution in [3.8, 4) is 0 Å². The van der Waals surface area contributed by atoms with E-state index in [1.807, 2.05) is 0 Å². The van der Waals surface area contributed by atoms with E-state index < -0.39 is 0 Å². The van der Waals surface area contributed by atoms with Crippen LogP contribution in [0.25, 0.3) is 11.0 Å². The lowest BCUT2D eigenvalue weighted by molar-refractivity contribution is -0.182. The minimum absolute atomic E-state index is 0.338. The van der Waals surface area contributed by atoms with Gasteiger partial charge in [0.05, 0.1) is 36.0 Å². The maximum absolute atomic E-state index is 5.48. The number of pyridine rings is 1. The van der Waals surface area contributed by atoms with Crippen molar-refractivity contribution in [2.75, 3.05) is 26.3 Å². The molecule has 0 radical (unpaired) electrons. The molecule has 2 aliphatic heterocycles. The van der Waals surface area contributed by atoms with Gasteiger partial charge in [-0.2, -0.15) is 0 Å². The highest BCUT2D eigenvalue weighted by Gasteiger charge is 2.58. The van der Waals surface area contributed by atoms with E-state index >= 15 is 0 Å². The molecule has 1 unspecified atom stereocenters. The number of nitrogens with zero attached hydrogens (tertiary/aromatic N) is 2. The van der Waals surface area contributed by atoms with E-state index in [2.05, 4.69) is 49.0 Å². The lowest BCUT2D eigenvalue weighted by Gasteiger charge is -2.64. The largest absolute Gasteiger partial charge is 0.380 e. The quantitative estimate of drug-likeness (QED) is 0.905. The Morgan fingerprint density at radius 2 is 2.12 bits per heavy atom. The number of fused-ring (bicyclic) bond motifs is 1. The lowest BCUT2D eigenvalue weighted by Crippen LogP contribution is -2.65. The highest BCUT2D eigenvalue weighted by molar-refractivity contribution is 5.79. The fourth-order valence-electron chi connectivity index (χ4n) is 5.23. The number of rotatable bonds is 4. The van der Waals surface area contributed by atoms with Crippen LogP contribution in [0.15, 0.2) is 18.3 Å². The number of aromatic nitrogens is 2. The molecule has 25 heavy (non-hydrogen) atoms. The second-order valence-electron chi connectivity index (χ2n) is 9.36. The van der Waals surface area contributed by atoms with Gasteiger partial charge < -0.3 is 9.72 Å². The minimum atomic E-state index is 0.338. The third kappa shape index (κ3) is 2.30. The molecular formula is C21H29N3O. The van der Waals surface area contributed by atoms with E-state index in [1.54, 1.807) is 0 Å². The van der Waals surface area contributed by atoms with Crippen molar-refractivity contribution in [2.24, 2.45) is 10.8 Å². The zero-order valence-electron chi connectivity index (χ0n) is 15.6. The number of ether oxygens (including phenoxy) is 1. The molecule has 0 aromatic carbocycles. The third-order valence-corrected chi connectivity index (χ3v) is 6.77. The lowest BCUT2D eigenvalue weighted by atomic mass is 9.56. The Bertz CT molecular complexity index is 801. The van der Waals surface area contributed by atoms with Gasteiger partial charge in [-0.05, 0) is 36.5 Å². The van der Waals surface area contributed by atoms with Gasteiger partial charge in [0, 0.05) is 30.1 Å². The maximum Gasteiger partial charge on any atom is 0.0917 e. The van der Waals surface area contributed by atoms with E-state index in [0.29, 0.717) is 22.8 Å². The molecule has 3 aliphatic rings. The zero-order valence-corrected chi connectivity index (χ0v) is 15.6. The first-order chi connectivity index (χ1) is 12.0. The van der Waals surface area contributed by atoms with Crippen molar-refractivity contribution < 1.29 is 4.74 Å². The number of aromatic amines is 1. The van der Waals surface area contributed by atoms with Crippen molar-refractivity contribution in [1.82, 2.24) is 14.9 Å². The Balaban J connectivity index is 1.50. The normalized spacial score (nSPS) is 27.3. The van der Waals surface area contributed by atoms with E-state index in [0.717, 1.165) is 19.8 Å². The van der Waals surface area contributed by atoms with Gasteiger partial charge in [-0.25, -0.2) is 4.98 Å². The molecular weight excluding hydrogens is 310 g/mol. The van der Waals surface area contributed by atoms with Crippen molar-refractivity contribution in [1.29, 1.82) is 0 Å². The summed E-state index contributed by atoms with van der Waals surface area (Å²) < 4.78 is 5.48. The first kappa shape index (κ1) is 15.8. The minimum Gasteiger partial charge on any atom is -0.380 e. The predicted octanol–water partition coefficient (Wildman–Crippen LogP) is 4.25. The van der Waals surface area contributed by atoms with Crippen molar-refractivity contribution in [3.05, 3.63) is 29.6 Å².